The maximum atomic E-state index is 12.3. The van der Waals surface area contributed by atoms with Gasteiger partial charge in [0.25, 0.3) is 5.91 Å². The Hall–Kier alpha value is -2.91. The lowest BCUT2D eigenvalue weighted by atomic mass is 10.0. The van der Waals surface area contributed by atoms with Crippen molar-refractivity contribution in [3.63, 3.8) is 0 Å². The molecule has 1 atom stereocenters. The summed E-state index contributed by atoms with van der Waals surface area (Å²) in [6.07, 6.45) is 0.213. The van der Waals surface area contributed by atoms with E-state index in [1.54, 1.807) is 42.5 Å². The van der Waals surface area contributed by atoms with Crippen LogP contribution in [0.2, 0.25) is 0 Å². The van der Waals surface area contributed by atoms with Crippen molar-refractivity contribution in [1.29, 1.82) is 0 Å². The Balaban J connectivity index is 2.10. The van der Waals surface area contributed by atoms with Crippen LogP contribution in [0.1, 0.15) is 15.9 Å². The molecular weight excluding hydrogens is 358 g/mol. The normalized spacial score (nSPS) is 12.1. The Morgan fingerprint density at radius 3 is 2.19 bits per heavy atom. The Kier molecular flexibility index (Phi) is 6.31. The number of nitrogens with one attached hydrogen (secondary N) is 3. The molecule has 4 N–H and O–H groups in total. The molecule has 2 amide bonds. The minimum atomic E-state index is -4.35. The topological polar surface area (TPSA) is 125 Å². The number of carbonyl (C=O) groups is 2. The number of rotatable bonds is 7. The van der Waals surface area contributed by atoms with Gasteiger partial charge in [-0.1, -0.05) is 30.3 Å². The predicted molar refractivity (Wildman–Crippen MR) is 97.1 cm³/mol. The first-order valence-electron chi connectivity index (χ1n) is 7.70. The molecular formula is C17H19N3O5S. The number of likely N-dealkylation sites (N-methyl/N-ethyl adjacent to an activating group) is 1. The van der Waals surface area contributed by atoms with Gasteiger partial charge in [-0.05, 0) is 29.8 Å². The van der Waals surface area contributed by atoms with Crippen LogP contribution in [0.25, 0.3) is 0 Å². The summed E-state index contributed by atoms with van der Waals surface area (Å²) in [5.74, 6) is -0.724. The van der Waals surface area contributed by atoms with Gasteiger partial charge in [0, 0.05) is 19.0 Å². The van der Waals surface area contributed by atoms with Crippen molar-refractivity contribution in [2.24, 2.45) is 0 Å². The molecule has 2 aromatic carbocycles. The summed E-state index contributed by atoms with van der Waals surface area (Å²) in [7, 11) is -2.87. The van der Waals surface area contributed by atoms with Gasteiger partial charge in [0.15, 0.2) is 0 Å². The van der Waals surface area contributed by atoms with Crippen molar-refractivity contribution in [2.75, 3.05) is 11.8 Å². The Morgan fingerprint density at radius 1 is 1.04 bits per heavy atom. The summed E-state index contributed by atoms with van der Waals surface area (Å²) in [5, 5.41) is 5.19. The number of hydrogen-bond acceptors (Lipinski definition) is 4. The second-order valence-electron chi connectivity index (χ2n) is 5.48. The van der Waals surface area contributed by atoms with E-state index in [0.29, 0.717) is 11.1 Å². The first kappa shape index (κ1) is 19.4. The molecule has 0 aliphatic heterocycles. The molecule has 0 saturated carbocycles. The molecule has 26 heavy (non-hydrogen) atoms. The summed E-state index contributed by atoms with van der Waals surface area (Å²) < 4.78 is 32.3. The highest BCUT2D eigenvalue weighted by atomic mass is 32.2. The first-order chi connectivity index (χ1) is 12.3. The zero-order chi connectivity index (χ0) is 19.2. The molecule has 0 aromatic heterocycles. The van der Waals surface area contributed by atoms with Gasteiger partial charge in [-0.3, -0.25) is 18.9 Å². The highest BCUT2D eigenvalue weighted by Crippen LogP contribution is 2.13. The second kappa shape index (κ2) is 8.45. The third-order valence-corrected chi connectivity index (χ3v) is 4.04. The van der Waals surface area contributed by atoms with Crippen molar-refractivity contribution in [1.82, 2.24) is 10.6 Å². The molecule has 2 rings (SSSR count). The van der Waals surface area contributed by atoms with E-state index in [9.17, 15) is 18.0 Å². The summed E-state index contributed by atoms with van der Waals surface area (Å²) in [6, 6.07) is 13.8. The summed E-state index contributed by atoms with van der Waals surface area (Å²) >= 11 is 0. The van der Waals surface area contributed by atoms with Gasteiger partial charge >= 0.3 is 10.3 Å². The van der Waals surface area contributed by atoms with Gasteiger partial charge in [0.2, 0.25) is 5.91 Å². The van der Waals surface area contributed by atoms with E-state index in [4.69, 9.17) is 4.55 Å². The van der Waals surface area contributed by atoms with Crippen LogP contribution in [0, 0.1) is 0 Å². The van der Waals surface area contributed by atoms with Gasteiger partial charge in [-0.25, -0.2) is 0 Å². The Morgan fingerprint density at radius 2 is 1.65 bits per heavy atom. The quantitative estimate of drug-likeness (QED) is 0.536. The number of anilines is 1. The van der Waals surface area contributed by atoms with Crippen LogP contribution >= 0.6 is 0 Å². The summed E-state index contributed by atoms with van der Waals surface area (Å²) in [6.45, 7) is 0. The monoisotopic (exact) mass is 377 g/mol. The van der Waals surface area contributed by atoms with Gasteiger partial charge in [0.05, 0.1) is 5.69 Å². The zero-order valence-corrected chi connectivity index (χ0v) is 14.8. The van der Waals surface area contributed by atoms with Crippen LogP contribution < -0.4 is 15.4 Å². The van der Waals surface area contributed by atoms with Crippen molar-refractivity contribution in [2.45, 2.75) is 12.5 Å². The number of carbonyl (C=O) groups excluding carboxylic acids is 2. The van der Waals surface area contributed by atoms with E-state index in [1.807, 2.05) is 4.72 Å². The van der Waals surface area contributed by atoms with Crippen molar-refractivity contribution in [3.8, 4) is 0 Å². The minimum Gasteiger partial charge on any atom is -0.357 e. The van der Waals surface area contributed by atoms with Gasteiger partial charge in [-0.15, -0.1) is 0 Å². The van der Waals surface area contributed by atoms with Crippen molar-refractivity contribution in [3.05, 3.63) is 65.7 Å². The molecule has 0 heterocycles. The van der Waals surface area contributed by atoms with E-state index in [1.165, 1.54) is 19.2 Å². The van der Waals surface area contributed by atoms with E-state index >= 15 is 0 Å². The smallest absolute Gasteiger partial charge is 0.357 e. The fraction of sp³-hybridized carbons (Fsp3) is 0.176. The standard InChI is InChI=1S/C17H19N3O5S/c1-18-17(22)15(19-16(21)13-5-3-2-4-6-13)11-12-7-9-14(10-8-12)20-26(23,24)25/h2-10,15,20H,11H2,1H3,(H,18,22)(H,19,21)(H,23,24,25)/t15-/m0/s1. The van der Waals surface area contributed by atoms with Crippen LogP contribution in [0.3, 0.4) is 0 Å². The third-order valence-electron chi connectivity index (χ3n) is 3.54. The molecule has 0 bridgehead atoms. The average Bonchev–Trinajstić information content (AvgIpc) is 2.61. The maximum absolute atomic E-state index is 12.3. The average molecular weight is 377 g/mol. The number of hydrogen-bond donors (Lipinski definition) is 4. The molecule has 9 heteroatoms. The Bertz CT molecular complexity index is 867. The first-order valence-corrected chi connectivity index (χ1v) is 9.14. The van der Waals surface area contributed by atoms with Crippen LogP contribution in [-0.2, 0) is 21.5 Å². The van der Waals surface area contributed by atoms with Crippen molar-refractivity contribution < 1.29 is 22.6 Å². The van der Waals surface area contributed by atoms with Crippen LogP contribution in [0.5, 0.6) is 0 Å². The van der Waals surface area contributed by atoms with Crippen LogP contribution in [-0.4, -0.2) is 37.9 Å². The van der Waals surface area contributed by atoms with E-state index in [2.05, 4.69) is 10.6 Å². The van der Waals surface area contributed by atoms with Crippen LogP contribution in [0.4, 0.5) is 5.69 Å². The molecule has 0 aliphatic rings. The Labute approximate surface area is 151 Å². The van der Waals surface area contributed by atoms with Gasteiger partial charge < -0.3 is 10.6 Å². The second-order valence-corrected chi connectivity index (χ2v) is 6.64. The van der Waals surface area contributed by atoms with Crippen LogP contribution in [0.15, 0.2) is 54.6 Å². The molecule has 0 spiro atoms. The van der Waals surface area contributed by atoms with E-state index < -0.39 is 16.3 Å². The molecule has 138 valence electrons. The fourth-order valence-electron chi connectivity index (χ4n) is 2.31. The molecule has 0 radical (unpaired) electrons. The lowest BCUT2D eigenvalue weighted by Crippen LogP contribution is -2.47. The minimum absolute atomic E-state index is 0.182. The van der Waals surface area contributed by atoms with Gasteiger partial charge in [0.1, 0.15) is 6.04 Å². The highest BCUT2D eigenvalue weighted by molar-refractivity contribution is 7.87. The summed E-state index contributed by atoms with van der Waals surface area (Å²) in [5.41, 5.74) is 1.32. The predicted octanol–water partition coefficient (Wildman–Crippen LogP) is 0.988. The lowest BCUT2D eigenvalue weighted by molar-refractivity contribution is -0.122. The number of benzene rings is 2. The largest absolute Gasteiger partial charge is 0.357 e. The summed E-state index contributed by atoms with van der Waals surface area (Å²) in [4.78, 5) is 24.4. The molecule has 0 unspecified atom stereocenters. The molecule has 0 saturated heterocycles. The highest BCUT2D eigenvalue weighted by Gasteiger charge is 2.21. The van der Waals surface area contributed by atoms with E-state index in [0.717, 1.165) is 0 Å². The van der Waals surface area contributed by atoms with Crippen molar-refractivity contribution >= 4 is 27.8 Å². The maximum Gasteiger partial charge on any atom is 0.357 e. The number of amides is 2. The lowest BCUT2D eigenvalue weighted by Gasteiger charge is -2.17. The molecule has 2 aromatic rings. The molecule has 0 aliphatic carbocycles. The molecule has 0 fully saturated rings. The third kappa shape index (κ3) is 5.87. The molecule has 8 nitrogen and oxygen atoms in total. The van der Waals surface area contributed by atoms with E-state index in [-0.39, 0.29) is 23.9 Å². The van der Waals surface area contributed by atoms with Gasteiger partial charge in [-0.2, -0.15) is 8.42 Å². The SMILES string of the molecule is CNC(=O)[C@H](Cc1ccc(NS(=O)(=O)O)cc1)NC(=O)c1ccccc1. The fourth-order valence-corrected chi connectivity index (χ4v) is 2.74. The zero-order valence-electron chi connectivity index (χ0n) is 14.0.